The summed E-state index contributed by atoms with van der Waals surface area (Å²) in [4.78, 5) is 30.0. The van der Waals surface area contributed by atoms with E-state index in [0.717, 1.165) is 39.4 Å². The summed E-state index contributed by atoms with van der Waals surface area (Å²) in [5, 5.41) is 3.37. The molecule has 10 heteroatoms. The van der Waals surface area contributed by atoms with Crippen LogP contribution < -0.4 is 14.4 Å². The van der Waals surface area contributed by atoms with Crippen molar-refractivity contribution in [2.45, 2.75) is 57.5 Å². The van der Waals surface area contributed by atoms with Gasteiger partial charge >= 0.3 is 0 Å². The molecule has 0 bridgehead atoms. The number of hydrogen-bond donors (Lipinski definition) is 1. The van der Waals surface area contributed by atoms with E-state index < -0.39 is 28.5 Å². The standard InChI is InChI=1S/C37H42ClN3O5S/c1-5-6-21-39-37(43)35(23-29-11-8-7-9-12-29)40(25-30-13-10-14-32(22-30)46-4)36(42)26-41(31-18-17-28(3)34(38)24-31)47(44,45)33-19-15-27(2)16-20-33/h7-20,22,24,35H,5-6,21,23,25-26H2,1-4H3,(H,39,43)/t35-/m0/s1. The number of carbonyl (C=O) groups is 2. The zero-order valence-electron chi connectivity index (χ0n) is 27.3. The van der Waals surface area contributed by atoms with Crippen LogP contribution in [0.3, 0.4) is 0 Å². The first-order valence-electron chi connectivity index (χ1n) is 15.6. The summed E-state index contributed by atoms with van der Waals surface area (Å²) < 4.78 is 34.9. The number of amides is 2. The van der Waals surface area contributed by atoms with Gasteiger partial charge in [-0.2, -0.15) is 0 Å². The zero-order valence-corrected chi connectivity index (χ0v) is 28.9. The molecule has 8 nitrogen and oxygen atoms in total. The molecule has 4 aromatic carbocycles. The van der Waals surface area contributed by atoms with Crippen molar-refractivity contribution in [3.05, 3.63) is 124 Å². The molecule has 0 aliphatic rings. The van der Waals surface area contributed by atoms with E-state index in [1.54, 1.807) is 49.6 Å². The summed E-state index contributed by atoms with van der Waals surface area (Å²) >= 11 is 6.47. The monoisotopic (exact) mass is 675 g/mol. The molecule has 0 unspecified atom stereocenters. The highest BCUT2D eigenvalue weighted by Crippen LogP contribution is 2.29. The fourth-order valence-corrected chi connectivity index (χ4v) is 6.71. The molecule has 0 spiro atoms. The Morgan fingerprint density at radius 2 is 1.60 bits per heavy atom. The number of rotatable bonds is 15. The molecule has 0 aliphatic carbocycles. The Bertz CT molecular complexity index is 1760. The molecule has 4 aromatic rings. The van der Waals surface area contributed by atoms with Gasteiger partial charge in [0.2, 0.25) is 11.8 Å². The number of ether oxygens (including phenoxy) is 1. The predicted molar refractivity (Wildman–Crippen MR) is 187 cm³/mol. The van der Waals surface area contributed by atoms with E-state index in [2.05, 4.69) is 5.32 Å². The number of nitrogens with zero attached hydrogens (tertiary/aromatic N) is 2. The first kappa shape index (κ1) is 35.5. The maximum atomic E-state index is 14.6. The Labute approximate surface area is 283 Å². The number of hydrogen-bond acceptors (Lipinski definition) is 5. The van der Waals surface area contributed by atoms with Crippen LogP contribution >= 0.6 is 11.6 Å². The molecule has 248 valence electrons. The van der Waals surface area contributed by atoms with Gasteiger partial charge in [0.05, 0.1) is 17.7 Å². The van der Waals surface area contributed by atoms with Crippen LogP contribution in [-0.2, 0) is 32.6 Å². The van der Waals surface area contributed by atoms with Crippen molar-refractivity contribution in [3.8, 4) is 5.75 Å². The highest BCUT2D eigenvalue weighted by atomic mass is 35.5. The SMILES string of the molecule is CCCCNC(=O)[C@H](Cc1ccccc1)N(Cc1cccc(OC)c1)C(=O)CN(c1ccc(C)c(Cl)c1)S(=O)(=O)c1ccc(C)cc1. The van der Waals surface area contributed by atoms with E-state index in [4.69, 9.17) is 16.3 Å². The molecule has 47 heavy (non-hydrogen) atoms. The fourth-order valence-electron chi connectivity index (χ4n) is 5.13. The number of unbranched alkanes of at least 4 members (excludes halogenated alkanes) is 1. The first-order valence-corrected chi connectivity index (χ1v) is 17.4. The van der Waals surface area contributed by atoms with Crippen molar-refractivity contribution in [2.24, 2.45) is 0 Å². The summed E-state index contributed by atoms with van der Waals surface area (Å²) in [5.74, 6) is -0.267. The topological polar surface area (TPSA) is 96.0 Å². The van der Waals surface area contributed by atoms with Crippen LogP contribution in [0.4, 0.5) is 5.69 Å². The van der Waals surface area contributed by atoms with Crippen molar-refractivity contribution in [3.63, 3.8) is 0 Å². The lowest BCUT2D eigenvalue weighted by Crippen LogP contribution is -2.53. The molecule has 0 saturated heterocycles. The first-order chi connectivity index (χ1) is 22.5. The molecule has 4 rings (SSSR count). The number of methoxy groups -OCH3 is 1. The number of nitrogens with one attached hydrogen (secondary N) is 1. The van der Waals surface area contributed by atoms with Gasteiger partial charge < -0.3 is 15.0 Å². The van der Waals surface area contributed by atoms with Crippen LogP contribution in [0, 0.1) is 13.8 Å². The van der Waals surface area contributed by atoms with Crippen LogP contribution in [0.5, 0.6) is 5.75 Å². The van der Waals surface area contributed by atoms with Gasteiger partial charge in [-0.15, -0.1) is 0 Å². The van der Waals surface area contributed by atoms with E-state index in [9.17, 15) is 18.0 Å². The van der Waals surface area contributed by atoms with E-state index in [0.29, 0.717) is 17.3 Å². The third-order valence-electron chi connectivity index (χ3n) is 7.92. The molecular weight excluding hydrogens is 634 g/mol. The van der Waals surface area contributed by atoms with Crippen molar-refractivity contribution in [2.75, 3.05) is 24.5 Å². The molecule has 0 saturated carbocycles. The van der Waals surface area contributed by atoms with Gasteiger partial charge in [0.15, 0.2) is 0 Å². The predicted octanol–water partition coefficient (Wildman–Crippen LogP) is 6.72. The van der Waals surface area contributed by atoms with E-state index >= 15 is 0 Å². The number of aryl methyl sites for hydroxylation is 2. The van der Waals surface area contributed by atoms with Gasteiger partial charge in [0, 0.05) is 24.5 Å². The Morgan fingerprint density at radius 3 is 2.26 bits per heavy atom. The van der Waals surface area contributed by atoms with Crippen LogP contribution in [0.1, 0.15) is 42.0 Å². The number of benzene rings is 4. The van der Waals surface area contributed by atoms with Crippen LogP contribution in [-0.4, -0.2) is 51.4 Å². The van der Waals surface area contributed by atoms with Gasteiger partial charge in [-0.05, 0) is 73.4 Å². The minimum absolute atomic E-state index is 0.0325. The number of carbonyl (C=O) groups excluding carboxylic acids is 2. The van der Waals surface area contributed by atoms with Crippen LogP contribution in [0.2, 0.25) is 5.02 Å². The second kappa shape index (κ2) is 16.5. The number of halogens is 1. The molecule has 0 aliphatic heterocycles. The Morgan fingerprint density at radius 1 is 0.894 bits per heavy atom. The lowest BCUT2D eigenvalue weighted by atomic mass is 10.0. The third-order valence-corrected chi connectivity index (χ3v) is 10.1. The quantitative estimate of drug-likeness (QED) is 0.141. The largest absolute Gasteiger partial charge is 0.497 e. The van der Waals surface area contributed by atoms with Gasteiger partial charge in [-0.1, -0.05) is 91.2 Å². The van der Waals surface area contributed by atoms with Crippen molar-refractivity contribution < 1.29 is 22.7 Å². The van der Waals surface area contributed by atoms with E-state index in [-0.39, 0.29) is 29.5 Å². The smallest absolute Gasteiger partial charge is 0.264 e. The van der Waals surface area contributed by atoms with E-state index in [1.165, 1.54) is 17.0 Å². The average molecular weight is 676 g/mol. The fraction of sp³-hybridized carbons (Fsp3) is 0.297. The number of anilines is 1. The maximum Gasteiger partial charge on any atom is 0.264 e. The van der Waals surface area contributed by atoms with Crippen LogP contribution in [0.25, 0.3) is 0 Å². The summed E-state index contributed by atoms with van der Waals surface area (Å²) in [7, 11) is -2.67. The average Bonchev–Trinajstić information content (AvgIpc) is 3.07. The lowest BCUT2D eigenvalue weighted by Gasteiger charge is -2.34. The molecule has 1 atom stereocenters. The van der Waals surface area contributed by atoms with Crippen LogP contribution in [0.15, 0.2) is 102 Å². The van der Waals surface area contributed by atoms with E-state index in [1.807, 2.05) is 63.2 Å². The third kappa shape index (κ3) is 9.36. The highest BCUT2D eigenvalue weighted by molar-refractivity contribution is 7.92. The summed E-state index contributed by atoms with van der Waals surface area (Å²) in [6.45, 7) is 5.66. The Hall–Kier alpha value is -4.34. The van der Waals surface area contributed by atoms with Crippen molar-refractivity contribution in [1.29, 1.82) is 0 Å². The summed E-state index contributed by atoms with van der Waals surface area (Å²) in [6.07, 6.45) is 1.90. The number of sulfonamides is 1. The second-order valence-electron chi connectivity index (χ2n) is 11.5. The minimum Gasteiger partial charge on any atom is -0.497 e. The molecule has 0 fully saturated rings. The van der Waals surface area contributed by atoms with Crippen molar-refractivity contribution >= 4 is 39.1 Å². The normalized spacial score (nSPS) is 11.9. The summed E-state index contributed by atoms with van der Waals surface area (Å²) in [6, 6.07) is 27.1. The van der Waals surface area contributed by atoms with Crippen molar-refractivity contribution in [1.82, 2.24) is 10.2 Å². The molecule has 1 N–H and O–H groups in total. The van der Waals surface area contributed by atoms with Gasteiger partial charge in [0.25, 0.3) is 10.0 Å². The maximum absolute atomic E-state index is 14.6. The molecule has 0 aromatic heterocycles. The van der Waals surface area contributed by atoms with Gasteiger partial charge in [0.1, 0.15) is 18.3 Å². The second-order valence-corrected chi connectivity index (χ2v) is 13.8. The summed E-state index contributed by atoms with van der Waals surface area (Å²) in [5.41, 5.74) is 3.49. The molecule has 0 heterocycles. The Kier molecular flexibility index (Phi) is 12.4. The molecule has 2 amide bonds. The minimum atomic E-state index is -4.23. The lowest BCUT2D eigenvalue weighted by molar-refractivity contribution is -0.140. The van der Waals surface area contributed by atoms with Gasteiger partial charge in [-0.25, -0.2) is 8.42 Å². The zero-order chi connectivity index (χ0) is 34.0. The Balaban J connectivity index is 1.82. The molecule has 0 radical (unpaired) electrons. The molecular formula is C37H42ClN3O5S. The highest BCUT2D eigenvalue weighted by Gasteiger charge is 2.34. The van der Waals surface area contributed by atoms with Gasteiger partial charge in [-0.3, -0.25) is 13.9 Å².